The number of carbonyl (C=O) groups is 1. The van der Waals surface area contributed by atoms with Crippen LogP contribution < -0.4 is 5.32 Å². The van der Waals surface area contributed by atoms with Crippen molar-refractivity contribution in [3.8, 4) is 0 Å². The minimum Gasteiger partial charge on any atom is -0.333 e. The average molecular weight is 563 g/mol. The monoisotopic (exact) mass is 562 g/mol. The lowest BCUT2D eigenvalue weighted by atomic mass is 9.76. The molecule has 1 saturated heterocycles. The third-order valence-electron chi connectivity index (χ3n) is 8.70. The molecule has 1 fully saturated rings. The Bertz CT molecular complexity index is 1730. The van der Waals surface area contributed by atoms with Crippen LogP contribution in [0.1, 0.15) is 32.9 Å². The van der Waals surface area contributed by atoms with E-state index < -0.39 is 5.54 Å². The molecule has 5 aromatic carbocycles. The molecule has 6 aromatic rings. The lowest BCUT2D eigenvalue weighted by Gasteiger charge is -2.40. The van der Waals surface area contributed by atoms with Crippen LogP contribution in [0.15, 0.2) is 146 Å². The Morgan fingerprint density at radius 1 is 0.744 bits per heavy atom. The summed E-state index contributed by atoms with van der Waals surface area (Å²) in [6, 6.07) is 46.0. The van der Waals surface area contributed by atoms with E-state index in [9.17, 15) is 4.79 Å². The van der Waals surface area contributed by atoms with Crippen molar-refractivity contribution in [3.63, 3.8) is 0 Å². The molecule has 0 bridgehead atoms. The van der Waals surface area contributed by atoms with Gasteiger partial charge in [0.1, 0.15) is 11.4 Å². The van der Waals surface area contributed by atoms with Crippen LogP contribution in [0.5, 0.6) is 0 Å². The highest BCUT2D eigenvalue weighted by molar-refractivity contribution is 6.07. The summed E-state index contributed by atoms with van der Waals surface area (Å²) in [4.78, 5) is 21.2. The number of fused-ring (bicyclic) bond motifs is 1. The van der Waals surface area contributed by atoms with Gasteiger partial charge in [-0.1, -0.05) is 127 Å². The molecule has 1 aliphatic rings. The summed E-state index contributed by atoms with van der Waals surface area (Å²) in [6.07, 6.45) is 4.60. The predicted octanol–water partition coefficient (Wildman–Crippen LogP) is 6.53. The van der Waals surface area contributed by atoms with E-state index >= 15 is 0 Å². The molecule has 2 heterocycles. The van der Waals surface area contributed by atoms with E-state index in [1.165, 1.54) is 0 Å². The fraction of sp³-hybridized carbons (Fsp3) is 0.158. The molecule has 7 rings (SSSR count). The Kier molecular flexibility index (Phi) is 7.32. The molecule has 5 nitrogen and oxygen atoms in total. The summed E-state index contributed by atoms with van der Waals surface area (Å²) < 4.78 is 2.32. The van der Waals surface area contributed by atoms with Gasteiger partial charge in [-0.2, -0.15) is 0 Å². The van der Waals surface area contributed by atoms with E-state index in [2.05, 4.69) is 119 Å². The van der Waals surface area contributed by atoms with Gasteiger partial charge in [0.15, 0.2) is 0 Å². The molecule has 212 valence electrons. The highest BCUT2D eigenvalue weighted by Crippen LogP contribution is 2.41. The number of aromatic nitrogens is 2. The Labute approximate surface area is 252 Å². The summed E-state index contributed by atoms with van der Waals surface area (Å²) in [6.45, 7) is 2.12. The number of amides is 1. The summed E-state index contributed by atoms with van der Waals surface area (Å²) in [7, 11) is 0. The molecule has 0 aliphatic carbocycles. The van der Waals surface area contributed by atoms with Crippen molar-refractivity contribution in [3.05, 3.63) is 174 Å². The van der Waals surface area contributed by atoms with Gasteiger partial charge in [-0.15, -0.1) is 0 Å². The second-order valence-electron chi connectivity index (χ2n) is 11.1. The number of carbonyl (C=O) groups excluding carboxylic acids is 1. The minimum atomic E-state index is -0.651. The fourth-order valence-corrected chi connectivity index (χ4v) is 6.73. The van der Waals surface area contributed by atoms with Crippen LogP contribution in [0, 0.1) is 0 Å². The van der Waals surface area contributed by atoms with E-state index in [1.54, 1.807) is 0 Å². The van der Waals surface area contributed by atoms with Crippen LogP contribution in [-0.4, -0.2) is 46.0 Å². The van der Waals surface area contributed by atoms with Gasteiger partial charge in [0.25, 0.3) is 5.91 Å². The highest BCUT2D eigenvalue weighted by Gasteiger charge is 2.40. The maximum absolute atomic E-state index is 14.2. The zero-order valence-electron chi connectivity index (χ0n) is 24.0. The molecule has 1 unspecified atom stereocenters. The smallest absolute Gasteiger partial charge is 0.254 e. The first-order valence-corrected chi connectivity index (χ1v) is 15.0. The quantitative estimate of drug-likeness (QED) is 0.225. The predicted molar refractivity (Wildman–Crippen MR) is 172 cm³/mol. The van der Waals surface area contributed by atoms with E-state index in [1.807, 2.05) is 41.4 Å². The highest BCUT2D eigenvalue weighted by atomic mass is 16.2. The van der Waals surface area contributed by atoms with Gasteiger partial charge in [-0.05, 0) is 33.5 Å². The van der Waals surface area contributed by atoms with Crippen molar-refractivity contribution in [1.82, 2.24) is 19.8 Å². The zero-order chi connectivity index (χ0) is 29.1. The number of nitrogens with one attached hydrogen (secondary N) is 1. The SMILES string of the molecule is O=C(c1cccc2ccccc12)N1CCNCC1Cc1nccn1C(c1ccccc1)(c1ccccc1)c1ccccc1. The molecule has 0 radical (unpaired) electrons. The number of piperazine rings is 1. The number of hydrogen-bond donors (Lipinski definition) is 1. The summed E-state index contributed by atoms with van der Waals surface area (Å²) in [5, 5.41) is 5.61. The molecule has 1 N–H and O–H groups in total. The summed E-state index contributed by atoms with van der Waals surface area (Å²) in [5.74, 6) is 1.00. The maximum atomic E-state index is 14.2. The van der Waals surface area contributed by atoms with E-state index in [-0.39, 0.29) is 11.9 Å². The largest absolute Gasteiger partial charge is 0.333 e. The second-order valence-corrected chi connectivity index (χ2v) is 11.1. The molecule has 1 atom stereocenters. The van der Waals surface area contributed by atoms with Crippen LogP contribution in [0.3, 0.4) is 0 Å². The molecule has 0 spiro atoms. The van der Waals surface area contributed by atoms with Crippen LogP contribution in [0.4, 0.5) is 0 Å². The van der Waals surface area contributed by atoms with Crippen molar-refractivity contribution >= 4 is 16.7 Å². The first-order valence-electron chi connectivity index (χ1n) is 15.0. The average Bonchev–Trinajstić information content (AvgIpc) is 3.54. The summed E-state index contributed by atoms with van der Waals surface area (Å²) in [5.41, 5.74) is 3.55. The zero-order valence-corrected chi connectivity index (χ0v) is 24.0. The van der Waals surface area contributed by atoms with Gasteiger partial charge >= 0.3 is 0 Å². The van der Waals surface area contributed by atoms with Gasteiger partial charge in [-0.3, -0.25) is 4.79 Å². The van der Waals surface area contributed by atoms with Crippen LogP contribution in [0.25, 0.3) is 10.8 Å². The van der Waals surface area contributed by atoms with E-state index in [0.29, 0.717) is 19.5 Å². The summed E-state index contributed by atoms with van der Waals surface area (Å²) >= 11 is 0. The van der Waals surface area contributed by atoms with E-state index in [0.717, 1.165) is 45.4 Å². The van der Waals surface area contributed by atoms with Gasteiger partial charge in [-0.25, -0.2) is 4.98 Å². The van der Waals surface area contributed by atoms with Crippen molar-refractivity contribution in [2.75, 3.05) is 19.6 Å². The normalized spacial score (nSPS) is 15.4. The van der Waals surface area contributed by atoms with Crippen LogP contribution in [0.2, 0.25) is 0 Å². The molecule has 0 saturated carbocycles. The fourth-order valence-electron chi connectivity index (χ4n) is 6.73. The Morgan fingerprint density at radius 3 is 1.98 bits per heavy atom. The Hall–Kier alpha value is -5.00. The minimum absolute atomic E-state index is 0.0543. The van der Waals surface area contributed by atoms with Gasteiger partial charge in [0.2, 0.25) is 0 Å². The van der Waals surface area contributed by atoms with Crippen LogP contribution >= 0.6 is 0 Å². The van der Waals surface area contributed by atoms with Crippen molar-refractivity contribution in [2.45, 2.75) is 18.0 Å². The standard InChI is InChI=1S/C38H34N4O/c43-37(35-22-12-14-29-13-10-11-21-34(29)35)41-25-23-39-28-33(41)27-36-40-24-26-42(36)38(30-15-4-1-5-16-30,31-17-6-2-7-18-31)32-19-8-3-9-20-32/h1-22,24,26,33,39H,23,25,27-28H2. The Balaban J connectivity index is 1.34. The van der Waals surface area contributed by atoms with Crippen molar-refractivity contribution in [2.24, 2.45) is 0 Å². The molecule has 1 aliphatic heterocycles. The molecular weight excluding hydrogens is 528 g/mol. The first kappa shape index (κ1) is 26.9. The molecule has 1 amide bonds. The molecule has 1 aromatic heterocycles. The van der Waals surface area contributed by atoms with Crippen molar-refractivity contribution in [1.29, 1.82) is 0 Å². The number of benzene rings is 5. The lowest BCUT2D eigenvalue weighted by Crippen LogP contribution is -2.55. The van der Waals surface area contributed by atoms with Gasteiger partial charge in [0, 0.05) is 44.0 Å². The number of hydrogen-bond acceptors (Lipinski definition) is 3. The van der Waals surface area contributed by atoms with Gasteiger partial charge in [0.05, 0.1) is 6.04 Å². The lowest BCUT2D eigenvalue weighted by molar-refractivity contribution is 0.0634. The van der Waals surface area contributed by atoms with E-state index in [4.69, 9.17) is 4.98 Å². The topological polar surface area (TPSA) is 50.2 Å². The molecule has 43 heavy (non-hydrogen) atoms. The molecular formula is C38H34N4O. The maximum Gasteiger partial charge on any atom is 0.254 e. The second kappa shape index (κ2) is 11.7. The van der Waals surface area contributed by atoms with Crippen molar-refractivity contribution < 1.29 is 4.79 Å². The van der Waals surface area contributed by atoms with Gasteiger partial charge < -0.3 is 14.8 Å². The van der Waals surface area contributed by atoms with Crippen LogP contribution in [-0.2, 0) is 12.0 Å². The molecule has 5 heteroatoms. The first-order chi connectivity index (χ1) is 21.3. The third-order valence-corrected chi connectivity index (χ3v) is 8.70. The number of nitrogens with zero attached hydrogens (tertiary/aromatic N) is 3. The number of imidazole rings is 1. The number of rotatable bonds is 7. The Morgan fingerprint density at radius 2 is 1.33 bits per heavy atom. The third kappa shape index (κ3) is 4.82.